The molecule has 1 fully saturated rings. The lowest BCUT2D eigenvalue weighted by atomic mass is 10.1. The first-order valence-corrected chi connectivity index (χ1v) is 10.3. The van der Waals surface area contributed by atoms with Gasteiger partial charge in [-0.2, -0.15) is 0 Å². The van der Waals surface area contributed by atoms with E-state index in [1.807, 2.05) is 0 Å². The molecular formula is C17H36NOS+. The predicted molar refractivity (Wildman–Crippen MR) is 90.5 cm³/mol. The monoisotopic (exact) mass is 302 g/mol. The molecule has 0 aromatic rings. The summed E-state index contributed by atoms with van der Waals surface area (Å²) in [7, 11) is 1.83. The van der Waals surface area contributed by atoms with Crippen molar-refractivity contribution in [1.29, 1.82) is 0 Å². The summed E-state index contributed by atoms with van der Waals surface area (Å²) in [4.78, 5) is 0. The van der Waals surface area contributed by atoms with Crippen LogP contribution in [0.1, 0.15) is 71.1 Å². The molecule has 0 aromatic heterocycles. The van der Waals surface area contributed by atoms with Gasteiger partial charge in [-0.3, -0.25) is 4.21 Å². The Morgan fingerprint density at radius 3 is 1.75 bits per heavy atom. The van der Waals surface area contributed by atoms with Crippen molar-refractivity contribution in [2.75, 3.05) is 38.2 Å². The Kier molecular flexibility index (Phi) is 9.79. The Bertz CT molecular complexity index is 258. The highest BCUT2D eigenvalue weighted by atomic mass is 32.2. The number of hydrogen-bond donors (Lipinski definition) is 0. The SMILES string of the molecule is CCCCCCCCCCCC[N+]1(C)CCS(=O)CC1. The van der Waals surface area contributed by atoms with E-state index in [1.54, 1.807) is 0 Å². The molecule has 2 nitrogen and oxygen atoms in total. The maximum atomic E-state index is 11.4. The van der Waals surface area contributed by atoms with Crippen LogP contribution in [0.2, 0.25) is 0 Å². The van der Waals surface area contributed by atoms with Crippen LogP contribution in [0.15, 0.2) is 0 Å². The van der Waals surface area contributed by atoms with E-state index in [-0.39, 0.29) is 0 Å². The van der Waals surface area contributed by atoms with Crippen molar-refractivity contribution in [2.45, 2.75) is 71.1 Å². The Hall–Kier alpha value is 0.110. The van der Waals surface area contributed by atoms with Crippen LogP contribution in [0.4, 0.5) is 0 Å². The fourth-order valence-corrected chi connectivity index (χ4v) is 4.56. The van der Waals surface area contributed by atoms with Crippen molar-refractivity contribution in [3.63, 3.8) is 0 Å². The van der Waals surface area contributed by atoms with E-state index in [2.05, 4.69) is 14.0 Å². The minimum absolute atomic E-state index is 0.518. The first-order valence-electron chi connectivity index (χ1n) is 8.85. The molecule has 0 unspecified atom stereocenters. The first-order chi connectivity index (χ1) is 9.66. The Morgan fingerprint density at radius 1 is 0.800 bits per heavy atom. The largest absolute Gasteiger partial charge is 0.325 e. The van der Waals surface area contributed by atoms with Crippen molar-refractivity contribution in [3.8, 4) is 0 Å². The van der Waals surface area contributed by atoms with E-state index in [9.17, 15) is 4.21 Å². The molecular weight excluding hydrogens is 266 g/mol. The van der Waals surface area contributed by atoms with Gasteiger partial charge in [0, 0.05) is 10.8 Å². The third kappa shape index (κ3) is 8.41. The van der Waals surface area contributed by atoms with Crippen LogP contribution >= 0.6 is 0 Å². The Labute approximate surface area is 129 Å². The molecule has 1 rings (SSSR count). The van der Waals surface area contributed by atoms with Gasteiger partial charge in [-0.05, 0) is 12.8 Å². The van der Waals surface area contributed by atoms with Crippen LogP contribution in [0.5, 0.6) is 0 Å². The quantitative estimate of drug-likeness (QED) is 0.414. The van der Waals surface area contributed by atoms with E-state index >= 15 is 0 Å². The second-order valence-corrected chi connectivity index (χ2v) is 8.52. The molecule has 0 bridgehead atoms. The van der Waals surface area contributed by atoms with E-state index in [1.165, 1.54) is 75.2 Å². The molecule has 0 N–H and O–H groups in total. The van der Waals surface area contributed by atoms with Crippen molar-refractivity contribution in [3.05, 3.63) is 0 Å². The minimum atomic E-state index is -0.518. The maximum absolute atomic E-state index is 11.4. The molecule has 0 atom stereocenters. The zero-order valence-electron chi connectivity index (χ0n) is 13.9. The van der Waals surface area contributed by atoms with Gasteiger partial charge in [-0.25, -0.2) is 0 Å². The van der Waals surface area contributed by atoms with Gasteiger partial charge in [0.2, 0.25) is 0 Å². The molecule has 1 heterocycles. The molecule has 3 heteroatoms. The number of rotatable bonds is 11. The molecule has 20 heavy (non-hydrogen) atoms. The fourth-order valence-electron chi connectivity index (χ4n) is 3.06. The van der Waals surface area contributed by atoms with Gasteiger partial charge < -0.3 is 4.48 Å². The Balaban J connectivity index is 1.88. The lowest BCUT2D eigenvalue weighted by Crippen LogP contribution is -2.53. The summed E-state index contributed by atoms with van der Waals surface area (Å²) < 4.78 is 12.6. The smallest absolute Gasteiger partial charge is 0.0902 e. The zero-order chi connectivity index (χ0) is 14.7. The average Bonchev–Trinajstić information content (AvgIpc) is 2.45. The average molecular weight is 303 g/mol. The van der Waals surface area contributed by atoms with Crippen LogP contribution in [-0.2, 0) is 10.8 Å². The summed E-state index contributed by atoms with van der Waals surface area (Å²) in [5.41, 5.74) is 0. The molecule has 0 amide bonds. The molecule has 1 aliphatic rings. The number of hydrogen-bond acceptors (Lipinski definition) is 1. The molecule has 0 spiro atoms. The summed E-state index contributed by atoms with van der Waals surface area (Å²) in [6.45, 7) is 5.84. The number of unbranched alkanes of at least 4 members (excludes halogenated alkanes) is 9. The minimum Gasteiger partial charge on any atom is -0.325 e. The highest BCUT2D eigenvalue weighted by Crippen LogP contribution is 2.14. The van der Waals surface area contributed by atoms with Gasteiger partial charge in [0.1, 0.15) is 0 Å². The van der Waals surface area contributed by atoms with Gasteiger partial charge >= 0.3 is 0 Å². The zero-order valence-corrected chi connectivity index (χ0v) is 14.7. The topological polar surface area (TPSA) is 17.1 Å². The first kappa shape index (κ1) is 18.2. The summed E-state index contributed by atoms with van der Waals surface area (Å²) >= 11 is 0. The third-order valence-corrected chi connectivity index (χ3v) is 6.04. The van der Waals surface area contributed by atoms with Gasteiger partial charge in [0.15, 0.2) is 0 Å². The summed E-state index contributed by atoms with van der Waals surface area (Å²) in [6.07, 6.45) is 14.1. The Morgan fingerprint density at radius 2 is 1.25 bits per heavy atom. The highest BCUT2D eigenvalue weighted by Gasteiger charge is 2.27. The van der Waals surface area contributed by atoms with E-state index in [0.717, 1.165) is 24.6 Å². The van der Waals surface area contributed by atoms with Crippen molar-refractivity contribution in [2.24, 2.45) is 0 Å². The lowest BCUT2D eigenvalue weighted by molar-refractivity contribution is -0.906. The maximum Gasteiger partial charge on any atom is 0.0902 e. The highest BCUT2D eigenvalue weighted by molar-refractivity contribution is 7.85. The van der Waals surface area contributed by atoms with E-state index in [0.29, 0.717) is 0 Å². The number of quaternary nitrogens is 1. The fraction of sp³-hybridized carbons (Fsp3) is 1.00. The van der Waals surface area contributed by atoms with Gasteiger partial charge in [0.25, 0.3) is 0 Å². The molecule has 0 aliphatic carbocycles. The molecule has 0 radical (unpaired) electrons. The second-order valence-electron chi connectivity index (χ2n) is 6.82. The van der Waals surface area contributed by atoms with E-state index in [4.69, 9.17) is 0 Å². The van der Waals surface area contributed by atoms with Crippen LogP contribution in [0.3, 0.4) is 0 Å². The lowest BCUT2D eigenvalue weighted by Gasteiger charge is -2.37. The second kappa shape index (κ2) is 10.8. The number of nitrogens with zero attached hydrogens (tertiary/aromatic N) is 1. The predicted octanol–water partition coefficient (Wildman–Crippen LogP) is 4.12. The van der Waals surface area contributed by atoms with Gasteiger partial charge in [-0.1, -0.05) is 58.3 Å². The standard InChI is InChI=1S/C17H36NOS/c1-3-4-5-6-7-8-9-10-11-12-13-18(2)14-16-20(19)17-15-18/h3-17H2,1-2H3/q+1. The van der Waals surface area contributed by atoms with Crippen LogP contribution in [0, 0.1) is 0 Å². The van der Waals surface area contributed by atoms with Crippen LogP contribution in [-0.4, -0.2) is 46.9 Å². The molecule has 0 saturated carbocycles. The molecule has 0 aromatic carbocycles. The third-order valence-electron chi connectivity index (χ3n) is 4.77. The summed E-state index contributed by atoms with van der Waals surface area (Å²) in [5, 5.41) is 0. The van der Waals surface area contributed by atoms with Gasteiger partial charge in [-0.15, -0.1) is 0 Å². The van der Waals surface area contributed by atoms with Gasteiger partial charge in [0.05, 0.1) is 38.2 Å². The summed E-state index contributed by atoms with van der Waals surface area (Å²) in [6, 6.07) is 0. The molecule has 1 saturated heterocycles. The summed E-state index contributed by atoms with van der Waals surface area (Å²) in [5.74, 6) is 1.85. The molecule has 1 aliphatic heterocycles. The van der Waals surface area contributed by atoms with Crippen molar-refractivity contribution >= 4 is 10.8 Å². The normalized spacial score (nSPS) is 26.8. The van der Waals surface area contributed by atoms with Crippen molar-refractivity contribution in [1.82, 2.24) is 0 Å². The van der Waals surface area contributed by atoms with E-state index < -0.39 is 10.8 Å². The van der Waals surface area contributed by atoms with Crippen molar-refractivity contribution < 1.29 is 8.69 Å². The van der Waals surface area contributed by atoms with Crippen LogP contribution in [0.25, 0.3) is 0 Å². The van der Waals surface area contributed by atoms with Crippen LogP contribution < -0.4 is 0 Å². The molecule has 120 valence electrons.